The van der Waals surface area contributed by atoms with E-state index in [0.717, 1.165) is 6.42 Å². The maximum absolute atomic E-state index is 10.8. The van der Waals surface area contributed by atoms with Gasteiger partial charge in [0.05, 0.1) is 0 Å². The molecule has 0 bridgehead atoms. The summed E-state index contributed by atoms with van der Waals surface area (Å²) in [6.07, 6.45) is 2.42. The zero-order chi connectivity index (χ0) is 11.6. The summed E-state index contributed by atoms with van der Waals surface area (Å²) >= 11 is 5.69. The molecule has 0 fully saturated rings. The van der Waals surface area contributed by atoms with E-state index in [0.29, 0.717) is 0 Å². The summed E-state index contributed by atoms with van der Waals surface area (Å²) in [6, 6.07) is 0. The number of primary amides is 1. The van der Waals surface area contributed by atoms with Gasteiger partial charge in [-0.3, -0.25) is 4.79 Å². The lowest BCUT2D eigenvalue weighted by Gasteiger charge is -2.38. The molecular formula is C10H19ClN2O. The highest BCUT2D eigenvalue weighted by Gasteiger charge is 2.34. The van der Waals surface area contributed by atoms with E-state index in [1.54, 1.807) is 6.08 Å². The molecule has 0 saturated heterocycles. The van der Waals surface area contributed by atoms with E-state index >= 15 is 0 Å². The molecular weight excluding hydrogens is 200 g/mol. The lowest BCUT2D eigenvalue weighted by Crippen LogP contribution is -2.48. The number of hydrogen-bond donors (Lipinski definition) is 2. The molecule has 0 aliphatic carbocycles. The molecule has 1 unspecified atom stereocenters. The van der Waals surface area contributed by atoms with Crippen LogP contribution in [0.1, 0.15) is 34.1 Å². The van der Waals surface area contributed by atoms with E-state index in [-0.39, 0.29) is 10.4 Å². The molecule has 0 spiro atoms. The highest BCUT2D eigenvalue weighted by atomic mass is 35.5. The number of halogens is 1. The molecule has 0 heterocycles. The molecule has 0 aromatic carbocycles. The summed E-state index contributed by atoms with van der Waals surface area (Å²) in [5.41, 5.74) is 10.4. The fourth-order valence-electron chi connectivity index (χ4n) is 1.01. The summed E-state index contributed by atoms with van der Waals surface area (Å²) in [5, 5.41) is 0.0418. The predicted molar refractivity (Wildman–Crippen MR) is 59.8 cm³/mol. The average Bonchev–Trinajstić information content (AvgIpc) is 2.03. The van der Waals surface area contributed by atoms with Gasteiger partial charge in [-0.2, -0.15) is 0 Å². The SMILES string of the molecule is CCC(C)(N)C(C)(C)/C=C(\Cl)C(N)=O. The van der Waals surface area contributed by atoms with Crippen molar-refractivity contribution in [2.24, 2.45) is 16.9 Å². The molecule has 0 aromatic heterocycles. The van der Waals surface area contributed by atoms with Gasteiger partial charge in [-0.1, -0.05) is 38.4 Å². The van der Waals surface area contributed by atoms with Crippen molar-refractivity contribution in [1.82, 2.24) is 0 Å². The van der Waals surface area contributed by atoms with E-state index in [1.807, 2.05) is 27.7 Å². The Morgan fingerprint density at radius 2 is 1.86 bits per heavy atom. The van der Waals surface area contributed by atoms with Crippen molar-refractivity contribution in [2.75, 3.05) is 0 Å². The minimum atomic E-state index is -0.619. The van der Waals surface area contributed by atoms with Gasteiger partial charge in [0.15, 0.2) is 0 Å². The first kappa shape index (κ1) is 13.5. The highest BCUT2D eigenvalue weighted by Crippen LogP contribution is 2.34. The van der Waals surface area contributed by atoms with Crippen molar-refractivity contribution < 1.29 is 4.79 Å². The van der Waals surface area contributed by atoms with Crippen LogP contribution in [0.15, 0.2) is 11.1 Å². The van der Waals surface area contributed by atoms with Gasteiger partial charge in [0, 0.05) is 11.0 Å². The zero-order valence-corrected chi connectivity index (χ0v) is 9.98. The number of carbonyl (C=O) groups is 1. The van der Waals surface area contributed by atoms with Crippen LogP contribution in [-0.4, -0.2) is 11.4 Å². The van der Waals surface area contributed by atoms with E-state index in [2.05, 4.69) is 0 Å². The molecule has 4 N–H and O–H groups in total. The fourth-order valence-corrected chi connectivity index (χ4v) is 1.28. The summed E-state index contributed by atoms with van der Waals surface area (Å²) in [4.78, 5) is 10.8. The van der Waals surface area contributed by atoms with E-state index in [9.17, 15) is 4.79 Å². The molecule has 0 aliphatic rings. The summed E-state index contributed by atoms with van der Waals surface area (Å²) in [6.45, 7) is 7.78. The van der Waals surface area contributed by atoms with Crippen LogP contribution in [0.3, 0.4) is 0 Å². The van der Waals surface area contributed by atoms with Gasteiger partial charge < -0.3 is 11.5 Å². The molecule has 3 nitrogen and oxygen atoms in total. The molecule has 0 saturated carbocycles. The topological polar surface area (TPSA) is 69.1 Å². The predicted octanol–water partition coefficient (Wildman–Crippen LogP) is 1.75. The maximum Gasteiger partial charge on any atom is 0.259 e. The third-order valence-electron chi connectivity index (χ3n) is 2.93. The molecule has 0 rings (SSSR count). The van der Waals surface area contributed by atoms with Gasteiger partial charge in [0.25, 0.3) is 5.91 Å². The summed E-state index contributed by atoms with van der Waals surface area (Å²) in [5.74, 6) is -0.619. The normalized spacial score (nSPS) is 17.7. The Labute approximate surface area is 90.5 Å². The van der Waals surface area contributed by atoms with Gasteiger partial charge in [0.2, 0.25) is 0 Å². The van der Waals surface area contributed by atoms with Crippen LogP contribution in [0.2, 0.25) is 0 Å². The maximum atomic E-state index is 10.8. The molecule has 1 atom stereocenters. The van der Waals surface area contributed by atoms with Crippen molar-refractivity contribution in [1.29, 1.82) is 0 Å². The summed E-state index contributed by atoms with van der Waals surface area (Å²) < 4.78 is 0. The van der Waals surface area contributed by atoms with Crippen LogP contribution in [0.4, 0.5) is 0 Å². The minimum absolute atomic E-state index is 0.0418. The first-order valence-corrected chi connectivity index (χ1v) is 4.99. The van der Waals surface area contributed by atoms with Crippen molar-refractivity contribution in [2.45, 2.75) is 39.7 Å². The monoisotopic (exact) mass is 218 g/mol. The number of carbonyl (C=O) groups excluding carboxylic acids is 1. The first-order chi connectivity index (χ1) is 6.14. The Kier molecular flexibility index (Phi) is 4.15. The highest BCUT2D eigenvalue weighted by molar-refractivity contribution is 6.41. The Morgan fingerprint density at radius 1 is 1.43 bits per heavy atom. The Hall–Kier alpha value is -0.540. The smallest absolute Gasteiger partial charge is 0.259 e. The lowest BCUT2D eigenvalue weighted by molar-refractivity contribution is -0.114. The van der Waals surface area contributed by atoms with Crippen LogP contribution >= 0.6 is 11.6 Å². The molecule has 14 heavy (non-hydrogen) atoms. The van der Waals surface area contributed by atoms with Gasteiger partial charge in [0.1, 0.15) is 5.03 Å². The molecule has 0 radical (unpaired) electrons. The van der Waals surface area contributed by atoms with Gasteiger partial charge in [-0.05, 0) is 13.3 Å². The van der Waals surface area contributed by atoms with Crippen LogP contribution in [0, 0.1) is 5.41 Å². The van der Waals surface area contributed by atoms with Gasteiger partial charge in [-0.15, -0.1) is 0 Å². The van der Waals surface area contributed by atoms with Crippen LogP contribution in [0.5, 0.6) is 0 Å². The molecule has 0 aromatic rings. The second-order valence-electron chi connectivity index (χ2n) is 4.35. The standard InChI is InChI=1S/C10H19ClN2O/c1-5-10(4,13)9(2,3)6-7(11)8(12)14/h6H,5,13H2,1-4H3,(H2,12,14)/b7-6-. The third-order valence-corrected chi connectivity index (χ3v) is 3.22. The van der Waals surface area contributed by atoms with E-state index < -0.39 is 11.4 Å². The van der Waals surface area contributed by atoms with Crippen LogP contribution < -0.4 is 11.5 Å². The van der Waals surface area contributed by atoms with Crippen LogP contribution in [0.25, 0.3) is 0 Å². The number of nitrogens with two attached hydrogens (primary N) is 2. The molecule has 4 heteroatoms. The van der Waals surface area contributed by atoms with Crippen molar-refractivity contribution in [3.63, 3.8) is 0 Å². The molecule has 1 amide bonds. The largest absolute Gasteiger partial charge is 0.365 e. The van der Waals surface area contributed by atoms with Crippen molar-refractivity contribution >= 4 is 17.5 Å². The Morgan fingerprint density at radius 3 is 2.14 bits per heavy atom. The molecule has 0 aliphatic heterocycles. The Balaban J connectivity index is 4.98. The quantitative estimate of drug-likeness (QED) is 0.706. The van der Waals surface area contributed by atoms with Gasteiger partial charge in [-0.25, -0.2) is 0 Å². The molecule has 82 valence electrons. The number of hydrogen-bond acceptors (Lipinski definition) is 2. The third kappa shape index (κ3) is 3.00. The van der Waals surface area contributed by atoms with E-state index in [1.165, 1.54) is 0 Å². The first-order valence-electron chi connectivity index (χ1n) is 4.61. The average molecular weight is 219 g/mol. The van der Waals surface area contributed by atoms with Gasteiger partial charge >= 0.3 is 0 Å². The number of amides is 1. The summed E-state index contributed by atoms with van der Waals surface area (Å²) in [7, 11) is 0. The van der Waals surface area contributed by atoms with Crippen LogP contribution in [-0.2, 0) is 4.79 Å². The van der Waals surface area contributed by atoms with E-state index in [4.69, 9.17) is 23.1 Å². The second-order valence-corrected chi connectivity index (χ2v) is 4.76. The lowest BCUT2D eigenvalue weighted by atomic mass is 9.72. The van der Waals surface area contributed by atoms with Crippen molar-refractivity contribution in [3.05, 3.63) is 11.1 Å². The minimum Gasteiger partial charge on any atom is -0.365 e. The number of rotatable bonds is 4. The Bertz CT molecular complexity index is 257. The fraction of sp³-hybridized carbons (Fsp3) is 0.700. The second kappa shape index (κ2) is 4.32. The zero-order valence-electron chi connectivity index (χ0n) is 9.23. The van der Waals surface area contributed by atoms with Crippen molar-refractivity contribution in [3.8, 4) is 0 Å².